The molecule has 1 aliphatic heterocycles. The lowest BCUT2D eigenvalue weighted by molar-refractivity contribution is 0.135. The average molecular weight is 335 g/mol. The lowest BCUT2D eigenvalue weighted by atomic mass is 9.98. The predicted octanol–water partition coefficient (Wildman–Crippen LogP) is 4.61. The smallest absolute Gasteiger partial charge is 0.119 e. The Kier molecular flexibility index (Phi) is 4.45. The molecule has 1 aliphatic rings. The van der Waals surface area contributed by atoms with Crippen molar-refractivity contribution in [1.82, 2.24) is 14.9 Å². The number of aromatic amines is 1. The monoisotopic (exact) mass is 335 g/mol. The van der Waals surface area contributed by atoms with E-state index in [0.29, 0.717) is 6.04 Å². The average Bonchev–Trinajstić information content (AvgIpc) is 2.98. The Morgan fingerprint density at radius 3 is 2.96 bits per heavy atom. The second-order valence-corrected chi connectivity index (χ2v) is 6.88. The van der Waals surface area contributed by atoms with Crippen LogP contribution in [-0.4, -0.2) is 28.5 Å². The molecule has 0 bridgehead atoms. The molecule has 4 heteroatoms. The molecule has 1 N–H and O–H groups in total. The number of pyridine rings is 1. The van der Waals surface area contributed by atoms with Crippen LogP contribution in [-0.2, 0) is 6.54 Å². The minimum Gasteiger partial charge on any atom is -0.497 e. The van der Waals surface area contributed by atoms with Crippen LogP contribution < -0.4 is 4.74 Å². The molecule has 130 valence electrons. The summed E-state index contributed by atoms with van der Waals surface area (Å²) in [6, 6.07) is 12.9. The van der Waals surface area contributed by atoms with Crippen LogP contribution >= 0.6 is 0 Å². The number of rotatable bonds is 4. The molecule has 1 aromatic carbocycles. The third-order valence-corrected chi connectivity index (χ3v) is 5.37. The van der Waals surface area contributed by atoms with Crippen molar-refractivity contribution in [3.63, 3.8) is 0 Å². The lowest BCUT2D eigenvalue weighted by Crippen LogP contribution is -2.33. The maximum absolute atomic E-state index is 5.38. The Hall–Kier alpha value is -2.33. The van der Waals surface area contributed by atoms with E-state index >= 15 is 0 Å². The first-order valence-corrected chi connectivity index (χ1v) is 9.06. The largest absolute Gasteiger partial charge is 0.497 e. The summed E-state index contributed by atoms with van der Waals surface area (Å²) in [4.78, 5) is 10.8. The summed E-state index contributed by atoms with van der Waals surface area (Å²) in [5.41, 5.74) is 4.99. The van der Waals surface area contributed by atoms with Crippen molar-refractivity contribution < 1.29 is 4.74 Å². The summed E-state index contributed by atoms with van der Waals surface area (Å²) in [5.74, 6) is 0.908. The van der Waals surface area contributed by atoms with Gasteiger partial charge in [-0.25, -0.2) is 0 Å². The van der Waals surface area contributed by atoms with E-state index in [-0.39, 0.29) is 0 Å². The van der Waals surface area contributed by atoms with Gasteiger partial charge in [-0.15, -0.1) is 0 Å². The van der Waals surface area contributed by atoms with Crippen molar-refractivity contribution >= 4 is 10.9 Å². The fourth-order valence-corrected chi connectivity index (χ4v) is 3.94. The molecule has 3 aromatic rings. The van der Waals surface area contributed by atoms with Crippen molar-refractivity contribution in [1.29, 1.82) is 0 Å². The highest BCUT2D eigenvalue weighted by Crippen LogP contribution is 2.33. The van der Waals surface area contributed by atoms with E-state index in [4.69, 9.17) is 4.74 Å². The van der Waals surface area contributed by atoms with E-state index in [9.17, 15) is 0 Å². The number of fused-ring (bicyclic) bond motifs is 1. The third kappa shape index (κ3) is 3.14. The molecule has 0 unspecified atom stereocenters. The maximum Gasteiger partial charge on any atom is 0.119 e. The van der Waals surface area contributed by atoms with Gasteiger partial charge >= 0.3 is 0 Å². The normalized spacial score (nSPS) is 18.6. The Bertz CT molecular complexity index is 856. The maximum atomic E-state index is 5.38. The number of hydrogen-bond acceptors (Lipinski definition) is 3. The Morgan fingerprint density at radius 2 is 2.16 bits per heavy atom. The molecule has 1 saturated heterocycles. The molecular formula is C21H25N3O. The Morgan fingerprint density at radius 1 is 1.24 bits per heavy atom. The summed E-state index contributed by atoms with van der Waals surface area (Å²) in [6.07, 6.45) is 5.63. The van der Waals surface area contributed by atoms with E-state index < -0.39 is 0 Å². The summed E-state index contributed by atoms with van der Waals surface area (Å²) >= 11 is 0. The van der Waals surface area contributed by atoms with Gasteiger partial charge in [0.25, 0.3) is 0 Å². The van der Waals surface area contributed by atoms with Crippen molar-refractivity contribution in [3.8, 4) is 5.75 Å². The standard InChI is InChI=1S/C21H25N3O/c1-15-17-13-16(25-2)9-10-18(17)23-20(15)14-24-12-6-4-8-21(24)19-7-3-5-11-22-19/h3,5,7,9-11,13,21,23H,4,6,8,12,14H2,1-2H3/t21-/m1/s1. The minimum atomic E-state index is 0.412. The molecule has 1 fully saturated rings. The molecule has 0 spiro atoms. The van der Waals surface area contributed by atoms with Gasteiger partial charge in [0.05, 0.1) is 18.8 Å². The number of likely N-dealkylation sites (tertiary alicyclic amines) is 1. The Labute approximate surface area is 148 Å². The van der Waals surface area contributed by atoms with Gasteiger partial charge < -0.3 is 9.72 Å². The highest BCUT2D eigenvalue weighted by Gasteiger charge is 2.26. The fourth-order valence-electron chi connectivity index (χ4n) is 3.94. The van der Waals surface area contributed by atoms with Gasteiger partial charge in [0.2, 0.25) is 0 Å². The van der Waals surface area contributed by atoms with Crippen LogP contribution in [0, 0.1) is 6.92 Å². The molecule has 4 nitrogen and oxygen atoms in total. The van der Waals surface area contributed by atoms with Gasteiger partial charge in [-0.1, -0.05) is 12.5 Å². The van der Waals surface area contributed by atoms with Gasteiger partial charge in [-0.2, -0.15) is 0 Å². The zero-order valence-corrected chi connectivity index (χ0v) is 15.0. The summed E-state index contributed by atoms with van der Waals surface area (Å²) in [5, 5.41) is 1.25. The first-order valence-electron chi connectivity index (χ1n) is 9.06. The number of ether oxygens (including phenoxy) is 1. The van der Waals surface area contributed by atoms with Crippen molar-refractivity contribution in [2.24, 2.45) is 0 Å². The number of methoxy groups -OCH3 is 1. The molecule has 0 saturated carbocycles. The second-order valence-electron chi connectivity index (χ2n) is 6.88. The summed E-state index contributed by atoms with van der Waals surface area (Å²) < 4.78 is 5.38. The number of hydrogen-bond donors (Lipinski definition) is 1. The number of aromatic nitrogens is 2. The third-order valence-electron chi connectivity index (χ3n) is 5.37. The Balaban J connectivity index is 1.64. The number of nitrogens with one attached hydrogen (secondary N) is 1. The van der Waals surface area contributed by atoms with Crippen molar-refractivity contribution in [2.75, 3.05) is 13.7 Å². The summed E-state index contributed by atoms with van der Waals surface area (Å²) in [6.45, 7) is 4.26. The molecule has 0 amide bonds. The van der Waals surface area contributed by atoms with E-state index in [1.54, 1.807) is 7.11 Å². The van der Waals surface area contributed by atoms with Crippen LogP contribution in [0.4, 0.5) is 0 Å². The quantitative estimate of drug-likeness (QED) is 0.757. The molecule has 25 heavy (non-hydrogen) atoms. The van der Waals surface area contributed by atoms with E-state index in [1.165, 1.54) is 47.1 Å². The number of H-pyrrole nitrogens is 1. The van der Waals surface area contributed by atoms with Crippen LogP contribution in [0.5, 0.6) is 5.75 Å². The molecule has 3 heterocycles. The highest BCUT2D eigenvalue weighted by atomic mass is 16.5. The first-order chi connectivity index (χ1) is 12.3. The van der Waals surface area contributed by atoms with Crippen molar-refractivity contribution in [2.45, 2.75) is 38.8 Å². The fraction of sp³-hybridized carbons (Fsp3) is 0.381. The van der Waals surface area contributed by atoms with Crippen molar-refractivity contribution in [3.05, 3.63) is 59.5 Å². The van der Waals surface area contributed by atoms with Gasteiger partial charge in [-0.05, 0) is 62.2 Å². The van der Waals surface area contributed by atoms with Crippen LogP contribution in [0.2, 0.25) is 0 Å². The molecule has 4 rings (SSSR count). The summed E-state index contributed by atoms with van der Waals surface area (Å²) in [7, 11) is 1.72. The van der Waals surface area contributed by atoms with Gasteiger partial charge in [0, 0.05) is 29.3 Å². The molecular weight excluding hydrogens is 310 g/mol. The zero-order valence-electron chi connectivity index (χ0n) is 15.0. The van der Waals surface area contributed by atoms with E-state index in [1.807, 2.05) is 18.3 Å². The van der Waals surface area contributed by atoms with Crippen LogP contribution in [0.25, 0.3) is 10.9 Å². The number of nitrogens with zero attached hydrogens (tertiary/aromatic N) is 2. The molecule has 2 aromatic heterocycles. The minimum absolute atomic E-state index is 0.412. The highest BCUT2D eigenvalue weighted by molar-refractivity contribution is 5.85. The SMILES string of the molecule is COc1ccc2[nH]c(CN3CCCC[C@@H]3c3ccccn3)c(C)c2c1. The van der Waals surface area contributed by atoms with Gasteiger partial charge in [0.15, 0.2) is 0 Å². The van der Waals surface area contributed by atoms with Crippen LogP contribution in [0.1, 0.15) is 42.3 Å². The van der Waals surface area contributed by atoms with Crippen LogP contribution in [0.3, 0.4) is 0 Å². The number of piperidine rings is 1. The van der Waals surface area contributed by atoms with Gasteiger partial charge in [-0.3, -0.25) is 9.88 Å². The number of benzene rings is 1. The first kappa shape index (κ1) is 16.2. The van der Waals surface area contributed by atoms with E-state index in [2.05, 4.69) is 46.1 Å². The second kappa shape index (κ2) is 6.89. The predicted molar refractivity (Wildman–Crippen MR) is 101 cm³/mol. The molecule has 0 aliphatic carbocycles. The molecule has 1 atom stereocenters. The lowest BCUT2D eigenvalue weighted by Gasteiger charge is -2.35. The number of aryl methyl sites for hydroxylation is 1. The zero-order chi connectivity index (χ0) is 17.2. The van der Waals surface area contributed by atoms with E-state index in [0.717, 1.165) is 18.8 Å². The van der Waals surface area contributed by atoms with Crippen LogP contribution in [0.15, 0.2) is 42.6 Å². The molecule has 0 radical (unpaired) electrons. The van der Waals surface area contributed by atoms with Gasteiger partial charge in [0.1, 0.15) is 5.75 Å². The topological polar surface area (TPSA) is 41.1 Å².